The lowest BCUT2D eigenvalue weighted by Gasteiger charge is -2.27. The summed E-state index contributed by atoms with van der Waals surface area (Å²) >= 11 is 15.7. The molecule has 3 aromatic carbocycles. The summed E-state index contributed by atoms with van der Waals surface area (Å²) in [5, 5.41) is 2.39. The lowest BCUT2D eigenvalue weighted by atomic mass is 10.1. The molecule has 0 aliphatic carbocycles. The second-order valence-electron chi connectivity index (χ2n) is 5.91. The van der Waals surface area contributed by atoms with Crippen molar-refractivity contribution in [3.05, 3.63) is 92.9 Å². The third-order valence-corrected chi connectivity index (χ3v) is 5.47. The summed E-state index contributed by atoms with van der Waals surface area (Å²) in [6.45, 7) is 0. The predicted octanol–water partition coefficient (Wildman–Crippen LogP) is 6.83. The first kappa shape index (κ1) is 18.2. The van der Waals surface area contributed by atoms with E-state index in [2.05, 4.69) is 15.9 Å². The molecule has 0 bridgehead atoms. The Bertz CT molecular complexity index is 983. The van der Waals surface area contributed by atoms with Crippen LogP contribution in [0.25, 0.3) is 0 Å². The van der Waals surface area contributed by atoms with Crippen molar-refractivity contribution < 1.29 is 9.63 Å². The Morgan fingerprint density at radius 3 is 2.22 bits per heavy atom. The average molecular weight is 464 g/mol. The maximum Gasteiger partial charge on any atom is 0.440 e. The van der Waals surface area contributed by atoms with Gasteiger partial charge < -0.3 is 4.84 Å². The normalized spacial score (nSPS) is 16.6. The van der Waals surface area contributed by atoms with Crippen LogP contribution in [0.5, 0.6) is 0 Å². The van der Waals surface area contributed by atoms with Crippen LogP contribution in [0.1, 0.15) is 11.7 Å². The van der Waals surface area contributed by atoms with Gasteiger partial charge >= 0.3 is 6.09 Å². The molecule has 1 unspecified atom stereocenters. The summed E-state index contributed by atoms with van der Waals surface area (Å²) in [6, 6.07) is 22.3. The molecule has 1 aliphatic rings. The number of nitrogens with zero attached hydrogens (tertiary/aromatic N) is 2. The molecule has 1 saturated heterocycles. The summed E-state index contributed by atoms with van der Waals surface area (Å²) in [7, 11) is 0. The van der Waals surface area contributed by atoms with E-state index >= 15 is 0 Å². The van der Waals surface area contributed by atoms with Gasteiger partial charge in [0.05, 0.1) is 21.4 Å². The molecule has 1 atom stereocenters. The minimum absolute atomic E-state index is 0.370. The molecular weight excluding hydrogens is 451 g/mol. The van der Waals surface area contributed by atoms with E-state index in [-0.39, 0.29) is 0 Å². The zero-order valence-electron chi connectivity index (χ0n) is 13.9. The highest BCUT2D eigenvalue weighted by Crippen LogP contribution is 2.41. The standard InChI is InChI=1S/C20H13BrCl2N2O2/c21-14-8-6-13(7-9-14)19-24(16-10-11-17(22)18(23)12-16)20(26)27-25(19)15-4-2-1-3-5-15/h1-12,19H. The minimum Gasteiger partial charge on any atom is -0.319 e. The Hall–Kier alpha value is -2.21. The zero-order valence-corrected chi connectivity index (χ0v) is 16.9. The van der Waals surface area contributed by atoms with E-state index in [1.165, 1.54) is 0 Å². The number of benzene rings is 3. The maximum absolute atomic E-state index is 12.8. The largest absolute Gasteiger partial charge is 0.440 e. The lowest BCUT2D eigenvalue weighted by molar-refractivity contribution is 0.164. The van der Waals surface area contributed by atoms with Crippen molar-refractivity contribution in [3.63, 3.8) is 0 Å². The number of halogens is 3. The molecule has 0 radical (unpaired) electrons. The van der Waals surface area contributed by atoms with E-state index in [1.54, 1.807) is 28.2 Å². The molecule has 0 aromatic heterocycles. The number of carbonyl (C=O) groups is 1. The first-order valence-electron chi connectivity index (χ1n) is 8.10. The third kappa shape index (κ3) is 3.50. The second-order valence-corrected chi connectivity index (χ2v) is 7.64. The lowest BCUT2D eigenvalue weighted by Crippen LogP contribution is -2.31. The van der Waals surface area contributed by atoms with Crippen LogP contribution in [0, 0.1) is 0 Å². The number of rotatable bonds is 3. The van der Waals surface area contributed by atoms with Crippen LogP contribution >= 0.6 is 39.1 Å². The first-order chi connectivity index (χ1) is 13.0. The van der Waals surface area contributed by atoms with Gasteiger partial charge in [0.2, 0.25) is 0 Å². The molecule has 7 heteroatoms. The van der Waals surface area contributed by atoms with Gasteiger partial charge in [-0.25, -0.2) is 9.69 Å². The van der Waals surface area contributed by atoms with Crippen LogP contribution in [0.4, 0.5) is 16.2 Å². The van der Waals surface area contributed by atoms with Crippen LogP contribution in [-0.2, 0) is 4.84 Å². The summed E-state index contributed by atoms with van der Waals surface area (Å²) in [4.78, 5) is 20.0. The van der Waals surface area contributed by atoms with E-state index in [9.17, 15) is 4.79 Å². The topological polar surface area (TPSA) is 32.8 Å². The molecule has 0 spiro atoms. The maximum atomic E-state index is 12.8. The molecule has 0 N–H and O–H groups in total. The van der Waals surface area contributed by atoms with Gasteiger partial charge in [0.25, 0.3) is 0 Å². The van der Waals surface area contributed by atoms with Crippen molar-refractivity contribution in [3.8, 4) is 0 Å². The first-order valence-corrected chi connectivity index (χ1v) is 9.65. The van der Waals surface area contributed by atoms with Crippen molar-refractivity contribution in [1.82, 2.24) is 0 Å². The zero-order chi connectivity index (χ0) is 19.0. The fourth-order valence-electron chi connectivity index (χ4n) is 2.95. The molecule has 27 heavy (non-hydrogen) atoms. The van der Waals surface area contributed by atoms with E-state index < -0.39 is 12.3 Å². The highest BCUT2D eigenvalue weighted by molar-refractivity contribution is 9.10. The summed E-state index contributed by atoms with van der Waals surface area (Å²) in [5.74, 6) is 0. The Morgan fingerprint density at radius 2 is 1.56 bits per heavy atom. The SMILES string of the molecule is O=C1ON(c2ccccc2)C(c2ccc(Br)cc2)N1c1ccc(Cl)c(Cl)c1. The van der Waals surface area contributed by atoms with Crippen molar-refractivity contribution in [1.29, 1.82) is 0 Å². The van der Waals surface area contributed by atoms with Gasteiger partial charge in [-0.3, -0.25) is 0 Å². The van der Waals surface area contributed by atoms with Crippen LogP contribution < -0.4 is 9.96 Å². The van der Waals surface area contributed by atoms with Gasteiger partial charge in [-0.05, 0) is 48.0 Å². The quantitative estimate of drug-likeness (QED) is 0.426. The molecular formula is C20H13BrCl2N2O2. The fraction of sp³-hybridized carbons (Fsp3) is 0.0500. The van der Waals surface area contributed by atoms with Crippen LogP contribution in [0.15, 0.2) is 77.3 Å². The molecule has 1 amide bonds. The molecule has 1 aliphatic heterocycles. The highest BCUT2D eigenvalue weighted by atomic mass is 79.9. The molecule has 4 nitrogen and oxygen atoms in total. The Balaban J connectivity index is 1.84. The number of hydrogen-bond acceptors (Lipinski definition) is 3. The van der Waals surface area contributed by atoms with Crippen LogP contribution in [0.2, 0.25) is 10.0 Å². The molecule has 1 fully saturated rings. The second kappa shape index (κ2) is 7.43. The molecule has 3 aromatic rings. The third-order valence-electron chi connectivity index (χ3n) is 4.20. The number of amides is 1. The number of hydroxylamine groups is 1. The van der Waals surface area contributed by atoms with Gasteiger partial charge in [-0.2, -0.15) is 5.06 Å². The Morgan fingerprint density at radius 1 is 0.852 bits per heavy atom. The van der Waals surface area contributed by atoms with Gasteiger partial charge in [-0.1, -0.05) is 69.5 Å². The summed E-state index contributed by atoms with van der Waals surface area (Å²) in [5.41, 5.74) is 2.25. The average Bonchev–Trinajstić information content (AvgIpc) is 3.02. The van der Waals surface area contributed by atoms with Gasteiger partial charge in [-0.15, -0.1) is 0 Å². The van der Waals surface area contributed by atoms with Crippen molar-refractivity contribution in [2.24, 2.45) is 0 Å². The van der Waals surface area contributed by atoms with Gasteiger partial charge in [0, 0.05) is 4.47 Å². The monoisotopic (exact) mass is 462 g/mol. The predicted molar refractivity (Wildman–Crippen MR) is 111 cm³/mol. The van der Waals surface area contributed by atoms with E-state index in [0.717, 1.165) is 15.7 Å². The van der Waals surface area contributed by atoms with Gasteiger partial charge in [0.15, 0.2) is 6.17 Å². The highest BCUT2D eigenvalue weighted by Gasteiger charge is 2.42. The Labute approximate surface area is 174 Å². The van der Waals surface area contributed by atoms with Crippen LogP contribution in [-0.4, -0.2) is 6.09 Å². The summed E-state index contributed by atoms with van der Waals surface area (Å²) < 4.78 is 0.948. The minimum atomic E-state index is -0.495. The van der Waals surface area contributed by atoms with E-state index in [0.29, 0.717) is 15.7 Å². The van der Waals surface area contributed by atoms with Crippen LogP contribution in [0.3, 0.4) is 0 Å². The summed E-state index contributed by atoms with van der Waals surface area (Å²) in [6.07, 6.45) is -0.990. The molecule has 136 valence electrons. The molecule has 0 saturated carbocycles. The fourth-order valence-corrected chi connectivity index (χ4v) is 3.51. The molecule has 1 heterocycles. The van der Waals surface area contributed by atoms with Crippen molar-refractivity contribution in [2.75, 3.05) is 9.96 Å². The van der Waals surface area contributed by atoms with E-state index in [4.69, 9.17) is 28.0 Å². The smallest absolute Gasteiger partial charge is 0.319 e. The number of hydrogen-bond donors (Lipinski definition) is 0. The number of anilines is 2. The number of para-hydroxylation sites is 1. The van der Waals surface area contributed by atoms with Crippen molar-refractivity contribution >= 4 is 56.6 Å². The Kier molecular flexibility index (Phi) is 5.00. The van der Waals surface area contributed by atoms with E-state index in [1.807, 2.05) is 54.6 Å². The van der Waals surface area contributed by atoms with Gasteiger partial charge in [0.1, 0.15) is 0 Å². The van der Waals surface area contributed by atoms with Crippen molar-refractivity contribution in [2.45, 2.75) is 6.17 Å². The number of carbonyl (C=O) groups excluding carboxylic acids is 1. The molecule has 4 rings (SSSR count).